The number of H-pyrrole nitrogens is 2. The van der Waals surface area contributed by atoms with E-state index in [-0.39, 0.29) is 6.42 Å². The third-order valence-corrected chi connectivity index (χ3v) is 4.25. The zero-order valence-corrected chi connectivity index (χ0v) is 16.2. The second-order valence-electron chi connectivity index (χ2n) is 6.66. The molecule has 164 valence electrons. The molecular formula is C21H15F3N4O4. The van der Waals surface area contributed by atoms with Crippen LogP contribution in [0.15, 0.2) is 65.6 Å². The molecule has 2 heterocycles. The number of aromatic nitrogens is 3. The molecule has 4 aromatic rings. The van der Waals surface area contributed by atoms with Gasteiger partial charge in [-0.15, -0.1) is 13.2 Å². The number of alkyl halides is 3. The summed E-state index contributed by atoms with van der Waals surface area (Å²) >= 11 is 0. The minimum Gasteiger partial charge on any atom is -0.455 e. The molecule has 32 heavy (non-hydrogen) atoms. The molecule has 0 saturated carbocycles. The van der Waals surface area contributed by atoms with E-state index in [4.69, 9.17) is 4.74 Å². The number of carbonyl (C=O) groups is 1. The number of hydrogen-bond donors (Lipinski definition) is 3. The van der Waals surface area contributed by atoms with Crippen molar-refractivity contribution in [2.24, 2.45) is 0 Å². The molecular weight excluding hydrogens is 429 g/mol. The fraction of sp³-hybridized carbons (Fsp3) is 0.0952. The van der Waals surface area contributed by atoms with E-state index in [1.807, 2.05) is 0 Å². The van der Waals surface area contributed by atoms with Gasteiger partial charge in [0.2, 0.25) is 5.91 Å². The Morgan fingerprint density at radius 2 is 1.81 bits per heavy atom. The predicted molar refractivity (Wildman–Crippen MR) is 109 cm³/mol. The number of anilines is 1. The van der Waals surface area contributed by atoms with Crippen molar-refractivity contribution < 1.29 is 27.4 Å². The summed E-state index contributed by atoms with van der Waals surface area (Å²) in [6, 6.07) is 13.3. The lowest BCUT2D eigenvalue weighted by Crippen LogP contribution is -2.17. The minimum atomic E-state index is -4.80. The second kappa shape index (κ2) is 8.46. The van der Waals surface area contributed by atoms with Crippen LogP contribution in [0.1, 0.15) is 5.56 Å². The molecule has 0 fully saturated rings. The number of aromatic amines is 2. The fourth-order valence-electron chi connectivity index (χ4n) is 2.97. The summed E-state index contributed by atoms with van der Waals surface area (Å²) in [5.74, 6) is 0.0440. The van der Waals surface area contributed by atoms with E-state index in [2.05, 4.69) is 25.0 Å². The van der Waals surface area contributed by atoms with Crippen LogP contribution in [0.3, 0.4) is 0 Å². The van der Waals surface area contributed by atoms with Crippen LogP contribution in [-0.2, 0) is 11.2 Å². The molecule has 0 aliphatic carbocycles. The number of amides is 1. The Kier molecular flexibility index (Phi) is 5.54. The number of fused-ring (bicyclic) bond motifs is 1. The molecule has 0 saturated heterocycles. The number of imidazole rings is 1. The predicted octanol–water partition coefficient (Wildman–Crippen LogP) is 4.12. The molecule has 0 spiro atoms. The first-order valence-corrected chi connectivity index (χ1v) is 9.25. The van der Waals surface area contributed by atoms with Crippen LogP contribution in [0, 0.1) is 0 Å². The Bertz CT molecular complexity index is 1310. The molecule has 11 heteroatoms. The summed E-state index contributed by atoms with van der Waals surface area (Å²) in [5.41, 5.74) is 1.22. The van der Waals surface area contributed by atoms with Gasteiger partial charge in [-0.3, -0.25) is 9.78 Å². The Hall–Kier alpha value is -4.28. The fourth-order valence-corrected chi connectivity index (χ4v) is 2.97. The molecule has 0 aliphatic rings. The molecule has 0 radical (unpaired) electrons. The van der Waals surface area contributed by atoms with Gasteiger partial charge in [0.25, 0.3) is 0 Å². The van der Waals surface area contributed by atoms with Gasteiger partial charge < -0.3 is 19.8 Å². The normalized spacial score (nSPS) is 11.3. The van der Waals surface area contributed by atoms with Gasteiger partial charge >= 0.3 is 12.1 Å². The second-order valence-corrected chi connectivity index (χ2v) is 6.66. The number of carbonyl (C=O) groups excluding carboxylic acids is 1. The lowest BCUT2D eigenvalue weighted by molar-refractivity contribution is -0.274. The van der Waals surface area contributed by atoms with Crippen molar-refractivity contribution in [2.45, 2.75) is 12.8 Å². The van der Waals surface area contributed by atoms with Gasteiger partial charge in [-0.1, -0.05) is 12.1 Å². The first-order valence-electron chi connectivity index (χ1n) is 9.25. The van der Waals surface area contributed by atoms with E-state index in [1.165, 1.54) is 18.3 Å². The molecule has 8 nitrogen and oxygen atoms in total. The first-order chi connectivity index (χ1) is 15.2. The number of halogens is 3. The highest BCUT2D eigenvalue weighted by Gasteiger charge is 2.31. The van der Waals surface area contributed by atoms with E-state index in [9.17, 15) is 22.8 Å². The highest BCUT2D eigenvalue weighted by atomic mass is 19.4. The molecule has 0 unspecified atom stereocenters. The summed E-state index contributed by atoms with van der Waals surface area (Å²) in [5, 5.41) is 2.66. The van der Waals surface area contributed by atoms with Gasteiger partial charge in [0, 0.05) is 18.0 Å². The molecule has 4 rings (SSSR count). The molecule has 0 aliphatic heterocycles. The number of rotatable bonds is 6. The molecule has 2 aromatic carbocycles. The third kappa shape index (κ3) is 5.25. The molecule has 3 N–H and O–H groups in total. The van der Waals surface area contributed by atoms with Crippen LogP contribution in [0.5, 0.6) is 17.2 Å². The topological polar surface area (TPSA) is 109 Å². The number of pyridine rings is 1. The van der Waals surface area contributed by atoms with Crippen molar-refractivity contribution in [1.29, 1.82) is 0 Å². The monoisotopic (exact) mass is 444 g/mol. The minimum absolute atomic E-state index is 0.136. The van der Waals surface area contributed by atoms with E-state index < -0.39 is 23.7 Å². The standard InChI is InChI=1S/C21H15F3N4O4/c22-21(23,24)32-15-3-1-2-12(10-15)11-17(29)26-13-4-6-14(7-5-13)31-16-8-9-25-19-18(16)27-20(30)28-19/h1-10H,11H2,(H,26,29)(H2,25,27,28,30). The Morgan fingerprint density at radius 1 is 1.03 bits per heavy atom. The maximum absolute atomic E-state index is 12.3. The van der Waals surface area contributed by atoms with Crippen LogP contribution >= 0.6 is 0 Å². The van der Waals surface area contributed by atoms with Crippen LogP contribution < -0.4 is 20.5 Å². The van der Waals surface area contributed by atoms with Crippen LogP contribution in [0.25, 0.3) is 11.2 Å². The number of benzene rings is 2. The van der Waals surface area contributed by atoms with Crippen molar-refractivity contribution in [3.63, 3.8) is 0 Å². The van der Waals surface area contributed by atoms with Crippen molar-refractivity contribution >= 4 is 22.8 Å². The van der Waals surface area contributed by atoms with E-state index in [0.29, 0.717) is 33.9 Å². The first kappa shape index (κ1) is 21.0. The lowest BCUT2D eigenvalue weighted by Gasteiger charge is -2.11. The molecule has 2 aromatic heterocycles. The van der Waals surface area contributed by atoms with Gasteiger partial charge in [0.15, 0.2) is 11.4 Å². The lowest BCUT2D eigenvalue weighted by atomic mass is 10.1. The summed E-state index contributed by atoms with van der Waals surface area (Å²) in [4.78, 5) is 32.9. The molecule has 0 bridgehead atoms. The Morgan fingerprint density at radius 3 is 2.56 bits per heavy atom. The van der Waals surface area contributed by atoms with Crippen molar-refractivity contribution in [1.82, 2.24) is 15.0 Å². The smallest absolute Gasteiger partial charge is 0.455 e. The Labute approximate surface area is 178 Å². The van der Waals surface area contributed by atoms with Gasteiger partial charge in [0.05, 0.1) is 6.42 Å². The Balaban J connectivity index is 1.39. The average Bonchev–Trinajstić information content (AvgIpc) is 3.10. The average molecular weight is 444 g/mol. The number of ether oxygens (including phenoxy) is 2. The van der Waals surface area contributed by atoms with E-state index in [0.717, 1.165) is 12.1 Å². The van der Waals surface area contributed by atoms with Gasteiger partial charge in [-0.2, -0.15) is 0 Å². The zero-order valence-electron chi connectivity index (χ0n) is 16.2. The number of nitrogens with one attached hydrogen (secondary N) is 3. The van der Waals surface area contributed by atoms with Crippen LogP contribution in [-0.4, -0.2) is 27.2 Å². The molecule has 1 amide bonds. The number of nitrogens with zero attached hydrogens (tertiary/aromatic N) is 1. The van der Waals surface area contributed by atoms with Gasteiger partial charge in [-0.05, 0) is 42.0 Å². The van der Waals surface area contributed by atoms with E-state index in [1.54, 1.807) is 30.3 Å². The van der Waals surface area contributed by atoms with E-state index >= 15 is 0 Å². The zero-order chi connectivity index (χ0) is 22.7. The number of hydrogen-bond acceptors (Lipinski definition) is 5. The van der Waals surface area contributed by atoms with Crippen molar-refractivity contribution in [3.8, 4) is 17.2 Å². The highest BCUT2D eigenvalue weighted by molar-refractivity contribution is 5.92. The van der Waals surface area contributed by atoms with Crippen LogP contribution in [0.4, 0.5) is 18.9 Å². The summed E-state index contributed by atoms with van der Waals surface area (Å²) < 4.78 is 46.6. The highest BCUT2D eigenvalue weighted by Crippen LogP contribution is 2.27. The summed E-state index contributed by atoms with van der Waals surface area (Å²) in [6.07, 6.45) is -3.45. The van der Waals surface area contributed by atoms with Crippen molar-refractivity contribution in [2.75, 3.05) is 5.32 Å². The largest absolute Gasteiger partial charge is 0.573 e. The maximum Gasteiger partial charge on any atom is 0.573 e. The summed E-state index contributed by atoms with van der Waals surface area (Å²) in [6.45, 7) is 0. The quantitative estimate of drug-likeness (QED) is 0.415. The SMILES string of the molecule is O=C(Cc1cccc(OC(F)(F)F)c1)Nc1ccc(Oc2ccnc3[nH]c(=O)[nH]c23)cc1. The third-order valence-electron chi connectivity index (χ3n) is 4.25. The maximum atomic E-state index is 12.3. The summed E-state index contributed by atoms with van der Waals surface area (Å²) in [7, 11) is 0. The van der Waals surface area contributed by atoms with Crippen molar-refractivity contribution in [3.05, 3.63) is 76.8 Å². The van der Waals surface area contributed by atoms with Gasteiger partial charge in [-0.25, -0.2) is 9.78 Å². The van der Waals surface area contributed by atoms with Crippen LogP contribution in [0.2, 0.25) is 0 Å². The molecule has 0 atom stereocenters. The van der Waals surface area contributed by atoms with Gasteiger partial charge in [0.1, 0.15) is 17.0 Å².